The second-order valence-corrected chi connectivity index (χ2v) is 7.00. The minimum Gasteiger partial charge on any atom is -0.481 e. The van der Waals surface area contributed by atoms with Crippen LogP contribution in [0, 0.1) is 5.92 Å². The van der Waals surface area contributed by atoms with Gasteiger partial charge < -0.3 is 26.6 Å². The molecule has 9 nitrogen and oxygen atoms in total. The van der Waals surface area contributed by atoms with Gasteiger partial charge in [-0.1, -0.05) is 50.6 Å². The average Bonchev–Trinajstić information content (AvgIpc) is 2.69. The van der Waals surface area contributed by atoms with Gasteiger partial charge in [-0.3, -0.25) is 14.4 Å². The molecule has 0 saturated heterocycles. The fourth-order valence-electron chi connectivity index (χ4n) is 2.68. The Kier molecular flexibility index (Phi) is 9.81. The Morgan fingerprint density at radius 1 is 1.03 bits per heavy atom. The van der Waals surface area contributed by atoms with Crippen molar-refractivity contribution in [1.29, 1.82) is 0 Å². The van der Waals surface area contributed by atoms with Crippen LogP contribution in [0.15, 0.2) is 30.3 Å². The second kappa shape index (κ2) is 11.8. The number of nitrogens with one attached hydrogen (secondary N) is 2. The van der Waals surface area contributed by atoms with Crippen molar-refractivity contribution in [3.63, 3.8) is 0 Å². The standard InChI is InChI=1S/C20H29N3O6/c1-3-12(2)17(20(28)29)23-19(27)15(11-13-7-5-4-6-8-13)22-18(26)14(21)9-10-16(24)25/h4-8,12,14-15,17H,3,9-11,21H2,1-2H3,(H,22,26)(H,23,27)(H,24,25)(H,28,29). The zero-order valence-corrected chi connectivity index (χ0v) is 16.6. The third-order valence-corrected chi connectivity index (χ3v) is 4.70. The molecule has 1 aromatic rings. The van der Waals surface area contributed by atoms with E-state index in [2.05, 4.69) is 10.6 Å². The summed E-state index contributed by atoms with van der Waals surface area (Å²) in [6, 6.07) is 5.69. The minimum atomic E-state index is -1.16. The first-order chi connectivity index (χ1) is 13.6. The number of carboxylic acid groups (broad SMARTS) is 2. The van der Waals surface area contributed by atoms with E-state index >= 15 is 0 Å². The van der Waals surface area contributed by atoms with E-state index in [1.165, 1.54) is 0 Å². The van der Waals surface area contributed by atoms with Crippen LogP contribution in [0.1, 0.15) is 38.7 Å². The van der Waals surface area contributed by atoms with Crippen LogP contribution in [0.3, 0.4) is 0 Å². The summed E-state index contributed by atoms with van der Waals surface area (Å²) in [4.78, 5) is 47.3. The molecule has 0 aliphatic rings. The van der Waals surface area contributed by atoms with Gasteiger partial charge in [-0.25, -0.2) is 4.79 Å². The lowest BCUT2D eigenvalue weighted by atomic mass is 9.98. The highest BCUT2D eigenvalue weighted by molar-refractivity contribution is 5.92. The van der Waals surface area contributed by atoms with E-state index in [9.17, 15) is 24.3 Å². The topological polar surface area (TPSA) is 159 Å². The fourth-order valence-corrected chi connectivity index (χ4v) is 2.68. The summed E-state index contributed by atoms with van der Waals surface area (Å²) in [5.74, 6) is -3.85. The number of hydrogen-bond acceptors (Lipinski definition) is 5. The Morgan fingerprint density at radius 3 is 2.17 bits per heavy atom. The van der Waals surface area contributed by atoms with E-state index in [0.29, 0.717) is 6.42 Å². The van der Waals surface area contributed by atoms with Gasteiger partial charge in [-0.05, 0) is 17.9 Å². The number of amides is 2. The smallest absolute Gasteiger partial charge is 0.326 e. The number of carbonyl (C=O) groups is 4. The number of hydrogen-bond donors (Lipinski definition) is 5. The molecule has 9 heteroatoms. The summed E-state index contributed by atoms with van der Waals surface area (Å²) >= 11 is 0. The highest BCUT2D eigenvalue weighted by Crippen LogP contribution is 2.10. The van der Waals surface area contributed by atoms with Gasteiger partial charge in [0, 0.05) is 12.8 Å². The Labute approximate surface area is 169 Å². The largest absolute Gasteiger partial charge is 0.481 e. The van der Waals surface area contributed by atoms with E-state index in [0.717, 1.165) is 5.56 Å². The van der Waals surface area contributed by atoms with E-state index < -0.39 is 41.9 Å². The number of rotatable bonds is 12. The molecule has 0 fully saturated rings. The zero-order chi connectivity index (χ0) is 22.0. The van der Waals surface area contributed by atoms with E-state index in [1.54, 1.807) is 31.2 Å². The van der Waals surface area contributed by atoms with Crippen molar-refractivity contribution in [2.45, 2.75) is 57.7 Å². The van der Waals surface area contributed by atoms with Crippen LogP contribution in [0.25, 0.3) is 0 Å². The third-order valence-electron chi connectivity index (χ3n) is 4.70. The molecule has 2 amide bonds. The van der Waals surface area contributed by atoms with Gasteiger partial charge >= 0.3 is 11.9 Å². The molecular weight excluding hydrogens is 378 g/mol. The van der Waals surface area contributed by atoms with E-state index in [1.807, 2.05) is 13.0 Å². The van der Waals surface area contributed by atoms with Gasteiger partial charge in [0.05, 0.1) is 6.04 Å². The molecule has 0 radical (unpaired) electrons. The van der Waals surface area contributed by atoms with Crippen LogP contribution in [-0.2, 0) is 25.6 Å². The van der Waals surface area contributed by atoms with Crippen LogP contribution in [0.4, 0.5) is 0 Å². The quantitative estimate of drug-likeness (QED) is 0.338. The number of carboxylic acids is 2. The van der Waals surface area contributed by atoms with Crippen LogP contribution in [0.5, 0.6) is 0 Å². The molecular formula is C20H29N3O6. The van der Waals surface area contributed by atoms with Crippen LogP contribution >= 0.6 is 0 Å². The van der Waals surface area contributed by atoms with Gasteiger partial charge in [-0.2, -0.15) is 0 Å². The van der Waals surface area contributed by atoms with Gasteiger partial charge in [0.2, 0.25) is 11.8 Å². The fraction of sp³-hybridized carbons (Fsp3) is 0.500. The molecule has 0 spiro atoms. The van der Waals surface area contributed by atoms with Crippen LogP contribution in [-0.4, -0.2) is 52.1 Å². The van der Waals surface area contributed by atoms with Crippen molar-refractivity contribution in [2.75, 3.05) is 0 Å². The minimum absolute atomic E-state index is 0.0779. The molecule has 4 atom stereocenters. The molecule has 160 valence electrons. The number of carbonyl (C=O) groups excluding carboxylic acids is 2. The summed E-state index contributed by atoms with van der Waals surface area (Å²) in [5.41, 5.74) is 6.49. The molecule has 4 unspecified atom stereocenters. The lowest BCUT2D eigenvalue weighted by Crippen LogP contribution is -2.56. The first kappa shape index (κ1) is 24.1. The summed E-state index contributed by atoms with van der Waals surface area (Å²) in [6.45, 7) is 3.53. The Balaban J connectivity index is 2.94. The lowest BCUT2D eigenvalue weighted by Gasteiger charge is -2.25. The SMILES string of the molecule is CCC(C)C(NC(=O)C(Cc1ccccc1)NC(=O)C(N)CCC(=O)O)C(=O)O. The van der Waals surface area contributed by atoms with Gasteiger partial charge in [0.1, 0.15) is 12.1 Å². The normalized spacial score (nSPS) is 14.9. The summed E-state index contributed by atoms with van der Waals surface area (Å²) in [7, 11) is 0. The molecule has 6 N–H and O–H groups in total. The molecule has 29 heavy (non-hydrogen) atoms. The van der Waals surface area contributed by atoms with Crippen LogP contribution in [0.2, 0.25) is 0 Å². The monoisotopic (exact) mass is 407 g/mol. The van der Waals surface area contributed by atoms with Crippen molar-refractivity contribution in [1.82, 2.24) is 10.6 Å². The maximum atomic E-state index is 12.8. The van der Waals surface area contributed by atoms with E-state index in [4.69, 9.17) is 10.8 Å². The molecule has 1 aromatic carbocycles. The third kappa shape index (κ3) is 8.30. The van der Waals surface area contributed by atoms with E-state index in [-0.39, 0.29) is 25.2 Å². The number of benzene rings is 1. The van der Waals surface area contributed by atoms with Crippen molar-refractivity contribution < 1.29 is 29.4 Å². The maximum Gasteiger partial charge on any atom is 0.326 e. The van der Waals surface area contributed by atoms with Gasteiger partial charge in [0.25, 0.3) is 0 Å². The molecule has 0 heterocycles. The van der Waals surface area contributed by atoms with Gasteiger partial charge in [-0.15, -0.1) is 0 Å². The van der Waals surface area contributed by atoms with Gasteiger partial charge in [0.15, 0.2) is 0 Å². The Hall–Kier alpha value is -2.94. The summed E-state index contributed by atoms with van der Waals surface area (Å²) in [5, 5.41) is 23.2. The van der Waals surface area contributed by atoms with Crippen LogP contribution < -0.4 is 16.4 Å². The first-order valence-corrected chi connectivity index (χ1v) is 9.50. The first-order valence-electron chi connectivity index (χ1n) is 9.50. The molecule has 0 aromatic heterocycles. The van der Waals surface area contributed by atoms with Crippen molar-refractivity contribution in [3.8, 4) is 0 Å². The Morgan fingerprint density at radius 2 is 1.66 bits per heavy atom. The summed E-state index contributed by atoms with van der Waals surface area (Å²) < 4.78 is 0. The number of aliphatic carboxylic acids is 2. The van der Waals surface area contributed by atoms with Crippen molar-refractivity contribution >= 4 is 23.8 Å². The highest BCUT2D eigenvalue weighted by atomic mass is 16.4. The highest BCUT2D eigenvalue weighted by Gasteiger charge is 2.30. The maximum absolute atomic E-state index is 12.8. The number of nitrogens with two attached hydrogens (primary N) is 1. The molecule has 0 aliphatic heterocycles. The molecule has 0 aliphatic carbocycles. The molecule has 1 rings (SSSR count). The Bertz CT molecular complexity index is 709. The van der Waals surface area contributed by atoms with Crippen molar-refractivity contribution in [3.05, 3.63) is 35.9 Å². The predicted octanol–water partition coefficient (Wildman–Crippen LogP) is 0.522. The molecule has 0 saturated carbocycles. The zero-order valence-electron chi connectivity index (χ0n) is 16.6. The summed E-state index contributed by atoms with van der Waals surface area (Å²) in [6.07, 6.45) is 0.328. The second-order valence-electron chi connectivity index (χ2n) is 7.00. The lowest BCUT2D eigenvalue weighted by molar-refractivity contribution is -0.143. The molecule has 0 bridgehead atoms. The predicted molar refractivity (Wildman–Crippen MR) is 106 cm³/mol. The average molecular weight is 407 g/mol. The van der Waals surface area contributed by atoms with Crippen molar-refractivity contribution in [2.24, 2.45) is 11.7 Å².